The molecule has 1 atom stereocenters. The SMILES string of the molecule is NC(CN(CC1CC1)C1CC1)C1CC1. The van der Waals surface area contributed by atoms with Crippen LogP contribution in [0.3, 0.4) is 0 Å². The summed E-state index contributed by atoms with van der Waals surface area (Å²) in [5, 5.41) is 0. The molecule has 2 N–H and O–H groups in total. The summed E-state index contributed by atoms with van der Waals surface area (Å²) >= 11 is 0. The van der Waals surface area contributed by atoms with Gasteiger partial charge in [-0.1, -0.05) is 0 Å². The van der Waals surface area contributed by atoms with E-state index in [1.807, 2.05) is 0 Å². The monoisotopic (exact) mass is 194 g/mol. The van der Waals surface area contributed by atoms with Crippen LogP contribution in [0.4, 0.5) is 0 Å². The first-order chi connectivity index (χ1) is 6.83. The van der Waals surface area contributed by atoms with Gasteiger partial charge in [0.2, 0.25) is 0 Å². The lowest BCUT2D eigenvalue weighted by Gasteiger charge is -2.25. The van der Waals surface area contributed by atoms with Crippen molar-refractivity contribution in [1.29, 1.82) is 0 Å². The van der Waals surface area contributed by atoms with Crippen LogP contribution in [0.15, 0.2) is 0 Å². The fourth-order valence-electron chi connectivity index (χ4n) is 2.39. The quantitative estimate of drug-likeness (QED) is 0.696. The normalized spacial score (nSPS) is 29.6. The highest BCUT2D eigenvalue weighted by Gasteiger charge is 2.37. The molecule has 2 nitrogen and oxygen atoms in total. The Kier molecular flexibility index (Phi) is 2.29. The molecule has 3 saturated carbocycles. The van der Waals surface area contributed by atoms with E-state index in [2.05, 4.69) is 4.90 Å². The highest BCUT2D eigenvalue weighted by Crippen LogP contribution is 2.37. The van der Waals surface area contributed by atoms with Gasteiger partial charge in [-0.3, -0.25) is 4.90 Å². The van der Waals surface area contributed by atoms with Gasteiger partial charge in [0, 0.05) is 25.2 Å². The van der Waals surface area contributed by atoms with Crippen LogP contribution in [0.5, 0.6) is 0 Å². The van der Waals surface area contributed by atoms with Gasteiger partial charge in [0.05, 0.1) is 0 Å². The van der Waals surface area contributed by atoms with E-state index in [-0.39, 0.29) is 0 Å². The highest BCUT2D eigenvalue weighted by molar-refractivity contribution is 4.93. The van der Waals surface area contributed by atoms with Gasteiger partial charge in [-0.15, -0.1) is 0 Å². The summed E-state index contributed by atoms with van der Waals surface area (Å²) in [5.41, 5.74) is 6.20. The lowest BCUT2D eigenvalue weighted by Crippen LogP contribution is -2.41. The van der Waals surface area contributed by atoms with E-state index in [0.717, 1.165) is 17.9 Å². The largest absolute Gasteiger partial charge is 0.326 e. The summed E-state index contributed by atoms with van der Waals surface area (Å²) in [6.45, 7) is 2.54. The second kappa shape index (κ2) is 3.49. The highest BCUT2D eigenvalue weighted by atomic mass is 15.2. The third-order valence-corrected chi connectivity index (χ3v) is 3.93. The van der Waals surface area contributed by atoms with Crippen LogP contribution >= 0.6 is 0 Å². The van der Waals surface area contributed by atoms with Crippen molar-refractivity contribution in [2.75, 3.05) is 13.1 Å². The minimum atomic E-state index is 0.481. The molecule has 3 rings (SSSR count). The van der Waals surface area contributed by atoms with Gasteiger partial charge in [0.15, 0.2) is 0 Å². The first kappa shape index (κ1) is 9.17. The van der Waals surface area contributed by atoms with E-state index >= 15 is 0 Å². The van der Waals surface area contributed by atoms with E-state index in [1.54, 1.807) is 0 Å². The van der Waals surface area contributed by atoms with Crippen molar-refractivity contribution in [2.45, 2.75) is 50.6 Å². The summed E-state index contributed by atoms with van der Waals surface area (Å²) in [7, 11) is 0. The van der Waals surface area contributed by atoms with Crippen LogP contribution in [-0.4, -0.2) is 30.1 Å². The van der Waals surface area contributed by atoms with E-state index < -0.39 is 0 Å². The number of hydrogen-bond acceptors (Lipinski definition) is 2. The molecule has 0 bridgehead atoms. The molecule has 0 radical (unpaired) electrons. The molecule has 0 spiro atoms. The van der Waals surface area contributed by atoms with Gasteiger partial charge in [0.25, 0.3) is 0 Å². The maximum Gasteiger partial charge on any atom is 0.0196 e. The molecule has 1 unspecified atom stereocenters. The van der Waals surface area contributed by atoms with E-state index in [0.29, 0.717) is 6.04 Å². The van der Waals surface area contributed by atoms with E-state index in [4.69, 9.17) is 5.73 Å². The Bertz CT molecular complexity index is 204. The number of hydrogen-bond donors (Lipinski definition) is 1. The third-order valence-electron chi connectivity index (χ3n) is 3.93. The first-order valence-corrected chi connectivity index (χ1v) is 6.32. The fraction of sp³-hybridized carbons (Fsp3) is 1.00. The maximum absolute atomic E-state index is 6.20. The molecule has 3 aliphatic carbocycles. The Morgan fingerprint density at radius 1 is 1.07 bits per heavy atom. The lowest BCUT2D eigenvalue weighted by atomic mass is 10.2. The molecule has 3 aliphatic rings. The Labute approximate surface area is 86.8 Å². The van der Waals surface area contributed by atoms with E-state index in [9.17, 15) is 0 Å². The number of rotatable bonds is 6. The van der Waals surface area contributed by atoms with Crippen molar-refractivity contribution in [3.8, 4) is 0 Å². The topological polar surface area (TPSA) is 29.3 Å². The third kappa shape index (κ3) is 2.29. The molecule has 14 heavy (non-hydrogen) atoms. The van der Waals surface area contributed by atoms with Crippen molar-refractivity contribution in [1.82, 2.24) is 4.90 Å². The Morgan fingerprint density at radius 2 is 1.79 bits per heavy atom. The molecule has 0 heterocycles. The molecule has 0 aromatic carbocycles. The van der Waals surface area contributed by atoms with Gasteiger partial charge in [-0.05, 0) is 50.4 Å². The summed E-state index contributed by atoms with van der Waals surface area (Å²) in [5.74, 6) is 1.90. The van der Waals surface area contributed by atoms with Crippen LogP contribution in [-0.2, 0) is 0 Å². The molecule has 0 saturated heterocycles. The smallest absolute Gasteiger partial charge is 0.0196 e. The van der Waals surface area contributed by atoms with Crippen molar-refractivity contribution >= 4 is 0 Å². The second-order valence-corrected chi connectivity index (χ2v) is 5.63. The van der Waals surface area contributed by atoms with Crippen LogP contribution in [0.1, 0.15) is 38.5 Å². The zero-order valence-electron chi connectivity index (χ0n) is 8.99. The fourth-order valence-corrected chi connectivity index (χ4v) is 2.39. The Balaban J connectivity index is 1.49. The molecule has 0 amide bonds. The first-order valence-electron chi connectivity index (χ1n) is 6.32. The summed E-state index contributed by atoms with van der Waals surface area (Å²) in [6, 6.07) is 1.40. The van der Waals surface area contributed by atoms with Gasteiger partial charge in [0.1, 0.15) is 0 Å². The summed E-state index contributed by atoms with van der Waals surface area (Å²) in [4.78, 5) is 2.70. The molecular weight excluding hydrogens is 172 g/mol. The molecule has 0 aliphatic heterocycles. The Hall–Kier alpha value is -0.0800. The Morgan fingerprint density at radius 3 is 2.29 bits per heavy atom. The van der Waals surface area contributed by atoms with Crippen molar-refractivity contribution < 1.29 is 0 Å². The molecular formula is C12H22N2. The lowest BCUT2D eigenvalue weighted by molar-refractivity contribution is 0.229. The van der Waals surface area contributed by atoms with Crippen LogP contribution in [0, 0.1) is 11.8 Å². The van der Waals surface area contributed by atoms with Crippen molar-refractivity contribution in [3.05, 3.63) is 0 Å². The summed E-state index contributed by atoms with van der Waals surface area (Å²) in [6.07, 6.45) is 8.60. The maximum atomic E-state index is 6.20. The number of nitrogens with two attached hydrogens (primary N) is 1. The van der Waals surface area contributed by atoms with Crippen molar-refractivity contribution in [2.24, 2.45) is 17.6 Å². The van der Waals surface area contributed by atoms with Gasteiger partial charge in [-0.2, -0.15) is 0 Å². The average molecular weight is 194 g/mol. The van der Waals surface area contributed by atoms with Gasteiger partial charge in [-0.25, -0.2) is 0 Å². The molecule has 2 heteroatoms. The standard InChI is InChI=1S/C12H22N2/c13-12(10-3-4-10)8-14(11-5-6-11)7-9-1-2-9/h9-12H,1-8,13H2. The predicted molar refractivity (Wildman–Crippen MR) is 58.0 cm³/mol. The minimum Gasteiger partial charge on any atom is -0.326 e. The molecule has 3 fully saturated rings. The zero-order chi connectivity index (χ0) is 9.54. The van der Waals surface area contributed by atoms with Gasteiger partial charge < -0.3 is 5.73 Å². The van der Waals surface area contributed by atoms with Crippen LogP contribution in [0.2, 0.25) is 0 Å². The zero-order valence-corrected chi connectivity index (χ0v) is 8.99. The van der Waals surface area contributed by atoms with Gasteiger partial charge >= 0.3 is 0 Å². The molecule has 80 valence electrons. The molecule has 0 aromatic rings. The van der Waals surface area contributed by atoms with Crippen LogP contribution < -0.4 is 5.73 Å². The van der Waals surface area contributed by atoms with Crippen LogP contribution in [0.25, 0.3) is 0 Å². The predicted octanol–water partition coefficient (Wildman–Crippen LogP) is 1.60. The summed E-state index contributed by atoms with van der Waals surface area (Å²) < 4.78 is 0. The minimum absolute atomic E-state index is 0.481. The molecule has 0 aromatic heterocycles. The average Bonchev–Trinajstić information content (AvgIpc) is 2.96. The second-order valence-electron chi connectivity index (χ2n) is 5.63. The van der Waals surface area contributed by atoms with Crippen molar-refractivity contribution in [3.63, 3.8) is 0 Å². The number of nitrogens with zero attached hydrogens (tertiary/aromatic N) is 1. The van der Waals surface area contributed by atoms with E-state index in [1.165, 1.54) is 51.6 Å².